The summed E-state index contributed by atoms with van der Waals surface area (Å²) in [4.78, 5) is 15.2. The van der Waals surface area contributed by atoms with Gasteiger partial charge < -0.3 is 36.1 Å². The minimum atomic E-state index is -2.52. The van der Waals surface area contributed by atoms with Crippen LogP contribution in [0, 0.1) is 0 Å². The van der Waals surface area contributed by atoms with Crippen LogP contribution in [0.2, 0.25) is 0 Å². The fourth-order valence-corrected chi connectivity index (χ4v) is 3.49. The Labute approximate surface area is 126 Å². The molecule has 1 saturated heterocycles. The van der Waals surface area contributed by atoms with Crippen LogP contribution in [0.25, 0.3) is 0 Å². The van der Waals surface area contributed by atoms with Crippen LogP contribution in [0.1, 0.15) is 6.23 Å². The van der Waals surface area contributed by atoms with Crippen LogP contribution in [0.3, 0.4) is 0 Å². The normalized spacial score (nSPS) is 31.1. The number of anilines is 1. The van der Waals surface area contributed by atoms with E-state index in [1.807, 2.05) is 0 Å². The first-order chi connectivity index (χ1) is 10.4. The Balaban J connectivity index is 2.23. The van der Waals surface area contributed by atoms with Crippen LogP contribution in [0.15, 0.2) is 17.1 Å². The van der Waals surface area contributed by atoms with E-state index in [1.165, 1.54) is 12.3 Å². The molecule has 2 heterocycles. The molecule has 0 amide bonds. The van der Waals surface area contributed by atoms with E-state index < -0.39 is 43.9 Å². The SMILES string of the molecule is NCC[PH](=O)C(O)[C@H]1O[C@H](n2ccc(N)nc2=O)[C@@H](O)[C@@H]1O. The molecule has 0 spiro atoms. The van der Waals surface area contributed by atoms with Crippen molar-refractivity contribution in [2.24, 2.45) is 5.73 Å². The van der Waals surface area contributed by atoms with Gasteiger partial charge in [-0.2, -0.15) is 4.98 Å². The zero-order valence-corrected chi connectivity index (χ0v) is 12.6. The minimum absolute atomic E-state index is 0.00105. The summed E-state index contributed by atoms with van der Waals surface area (Å²) in [6, 6.07) is 1.32. The summed E-state index contributed by atoms with van der Waals surface area (Å²) in [6.45, 7) is 0.116. The second kappa shape index (κ2) is 6.86. The van der Waals surface area contributed by atoms with E-state index in [2.05, 4.69) is 4.98 Å². The smallest absolute Gasteiger partial charge is 0.351 e. The van der Waals surface area contributed by atoms with E-state index in [-0.39, 0.29) is 18.5 Å². The average Bonchev–Trinajstić information content (AvgIpc) is 2.75. The zero-order valence-electron chi connectivity index (χ0n) is 11.6. The molecule has 0 aliphatic carbocycles. The number of hydrogen-bond acceptors (Lipinski definition) is 9. The van der Waals surface area contributed by atoms with Crippen LogP contribution in [0.4, 0.5) is 5.82 Å². The maximum Gasteiger partial charge on any atom is 0.351 e. The van der Waals surface area contributed by atoms with Crippen molar-refractivity contribution in [3.63, 3.8) is 0 Å². The molecular formula is C11H19N4O6P. The molecule has 22 heavy (non-hydrogen) atoms. The van der Waals surface area contributed by atoms with E-state index >= 15 is 0 Å². The zero-order chi connectivity index (χ0) is 16.4. The van der Waals surface area contributed by atoms with E-state index in [0.29, 0.717) is 0 Å². The average molecular weight is 334 g/mol. The lowest BCUT2D eigenvalue weighted by molar-refractivity contribution is -0.0646. The fourth-order valence-electron chi connectivity index (χ4n) is 2.27. The summed E-state index contributed by atoms with van der Waals surface area (Å²) in [5.74, 6) is -1.47. The van der Waals surface area contributed by atoms with Crippen molar-refractivity contribution in [1.29, 1.82) is 0 Å². The maximum atomic E-state index is 11.8. The number of nitrogen functional groups attached to an aromatic ring is 1. The topological polar surface area (TPSA) is 174 Å². The molecule has 2 rings (SSSR count). The third-order valence-electron chi connectivity index (χ3n) is 3.43. The summed E-state index contributed by atoms with van der Waals surface area (Å²) in [5.41, 5.74) is 9.87. The number of nitrogens with two attached hydrogens (primary N) is 2. The van der Waals surface area contributed by atoms with Gasteiger partial charge in [0.05, 0.1) is 0 Å². The summed E-state index contributed by atoms with van der Waals surface area (Å²) < 4.78 is 18.1. The van der Waals surface area contributed by atoms with Gasteiger partial charge in [-0.25, -0.2) is 4.79 Å². The van der Waals surface area contributed by atoms with E-state index in [0.717, 1.165) is 4.57 Å². The van der Waals surface area contributed by atoms with Crippen molar-refractivity contribution in [2.75, 3.05) is 18.4 Å². The fraction of sp³-hybridized carbons (Fsp3) is 0.636. The largest absolute Gasteiger partial charge is 0.387 e. The Bertz CT molecular complexity index is 610. The van der Waals surface area contributed by atoms with Gasteiger partial charge in [0.15, 0.2) is 6.23 Å². The highest BCUT2D eigenvalue weighted by molar-refractivity contribution is 7.45. The lowest BCUT2D eigenvalue weighted by Gasteiger charge is -2.20. The minimum Gasteiger partial charge on any atom is -0.387 e. The molecule has 2 unspecified atom stereocenters. The number of aliphatic hydroxyl groups excluding tert-OH is 3. The van der Waals surface area contributed by atoms with E-state index in [1.54, 1.807) is 0 Å². The van der Waals surface area contributed by atoms with Crippen LogP contribution < -0.4 is 17.2 Å². The van der Waals surface area contributed by atoms with Crippen molar-refractivity contribution in [1.82, 2.24) is 9.55 Å². The van der Waals surface area contributed by atoms with Gasteiger partial charge in [0.1, 0.15) is 37.8 Å². The second-order valence-corrected chi connectivity index (χ2v) is 6.99. The number of ether oxygens (including phenoxy) is 1. The molecule has 10 nitrogen and oxygen atoms in total. The van der Waals surface area contributed by atoms with Crippen LogP contribution in [0.5, 0.6) is 0 Å². The third kappa shape index (κ3) is 3.22. The Morgan fingerprint density at radius 1 is 1.45 bits per heavy atom. The van der Waals surface area contributed by atoms with Gasteiger partial charge in [0, 0.05) is 12.4 Å². The quantitative estimate of drug-likeness (QED) is 0.358. The molecule has 0 aromatic carbocycles. The molecule has 1 aromatic heterocycles. The number of hydrogen-bond donors (Lipinski definition) is 5. The lowest BCUT2D eigenvalue weighted by Crippen LogP contribution is -2.38. The number of rotatable bonds is 5. The lowest BCUT2D eigenvalue weighted by atomic mass is 10.1. The summed E-state index contributed by atoms with van der Waals surface area (Å²) in [6.07, 6.45) is -4.21. The molecule has 124 valence electrons. The Hall–Kier alpha value is -1.29. The molecule has 1 aliphatic heterocycles. The van der Waals surface area contributed by atoms with Crippen molar-refractivity contribution in [3.05, 3.63) is 22.7 Å². The molecule has 6 atom stereocenters. The molecule has 1 aromatic rings. The van der Waals surface area contributed by atoms with Gasteiger partial charge in [0.25, 0.3) is 0 Å². The Morgan fingerprint density at radius 2 is 2.14 bits per heavy atom. The van der Waals surface area contributed by atoms with Crippen molar-refractivity contribution in [3.8, 4) is 0 Å². The molecule has 11 heteroatoms. The van der Waals surface area contributed by atoms with Gasteiger partial charge in [-0.3, -0.25) is 4.57 Å². The van der Waals surface area contributed by atoms with Crippen LogP contribution in [-0.2, 0) is 9.30 Å². The monoisotopic (exact) mass is 334 g/mol. The molecule has 1 fully saturated rings. The van der Waals surface area contributed by atoms with E-state index in [4.69, 9.17) is 16.2 Å². The first kappa shape index (κ1) is 17.1. The summed E-state index contributed by atoms with van der Waals surface area (Å²) >= 11 is 0. The second-order valence-electron chi connectivity index (χ2n) is 4.96. The van der Waals surface area contributed by atoms with Gasteiger partial charge in [-0.1, -0.05) is 0 Å². The Kier molecular flexibility index (Phi) is 5.32. The Morgan fingerprint density at radius 3 is 2.73 bits per heavy atom. The predicted octanol–water partition coefficient (Wildman–Crippen LogP) is -2.72. The van der Waals surface area contributed by atoms with Crippen molar-refractivity contribution in [2.45, 2.75) is 30.4 Å². The van der Waals surface area contributed by atoms with Crippen molar-refractivity contribution >= 4 is 13.6 Å². The molecule has 7 N–H and O–H groups in total. The standard InChI is InChI=1S/C11H19N4O6P/c12-2-4-22(20)10(18)8-6(16)7(17)9(21-8)15-3-1-5(13)14-11(15)19/h1,3,6-10,16-18,22H,2,4,12H2,(H2,13,14,19)/t6-,7-,8-,9-,10?/m0/s1. The summed E-state index contributed by atoms with van der Waals surface area (Å²) in [7, 11) is -2.52. The third-order valence-corrected chi connectivity index (χ3v) is 5.20. The highest BCUT2D eigenvalue weighted by atomic mass is 31.1. The molecule has 0 saturated carbocycles. The van der Waals surface area contributed by atoms with Crippen LogP contribution in [-0.4, -0.2) is 61.7 Å². The first-order valence-corrected chi connectivity index (χ1v) is 8.33. The number of nitrogens with zero attached hydrogens (tertiary/aromatic N) is 2. The van der Waals surface area contributed by atoms with Gasteiger partial charge >= 0.3 is 5.69 Å². The van der Waals surface area contributed by atoms with Gasteiger partial charge in [-0.05, 0) is 12.6 Å². The molecule has 0 radical (unpaired) electrons. The maximum absolute atomic E-state index is 11.8. The predicted molar refractivity (Wildman–Crippen MR) is 77.8 cm³/mol. The molecule has 1 aliphatic rings. The molecule has 0 bridgehead atoms. The van der Waals surface area contributed by atoms with Gasteiger partial charge in [-0.15, -0.1) is 0 Å². The van der Waals surface area contributed by atoms with Crippen molar-refractivity contribution < 1.29 is 24.6 Å². The van der Waals surface area contributed by atoms with Gasteiger partial charge in [0.2, 0.25) is 0 Å². The number of aromatic nitrogens is 2. The number of aliphatic hydroxyl groups is 3. The highest BCUT2D eigenvalue weighted by Gasteiger charge is 2.48. The highest BCUT2D eigenvalue weighted by Crippen LogP contribution is 2.38. The molecular weight excluding hydrogens is 315 g/mol. The first-order valence-electron chi connectivity index (χ1n) is 6.64. The van der Waals surface area contributed by atoms with E-state index in [9.17, 15) is 24.7 Å². The van der Waals surface area contributed by atoms with Crippen LogP contribution >= 0.6 is 7.80 Å². The summed E-state index contributed by atoms with van der Waals surface area (Å²) in [5, 5.41) is 30.0.